The Morgan fingerprint density at radius 1 is 1.16 bits per heavy atom. The van der Waals surface area contributed by atoms with Crippen LogP contribution in [0.1, 0.15) is 18.0 Å². The van der Waals surface area contributed by atoms with Gasteiger partial charge in [-0.3, -0.25) is 14.6 Å². The molecule has 1 N–H and O–H groups in total. The van der Waals surface area contributed by atoms with Gasteiger partial charge in [-0.25, -0.2) is 10.4 Å². The summed E-state index contributed by atoms with van der Waals surface area (Å²) in [5.41, 5.74) is 5.19. The van der Waals surface area contributed by atoms with E-state index in [9.17, 15) is 9.59 Å². The Hall–Kier alpha value is -3.42. The van der Waals surface area contributed by atoms with Crippen LogP contribution in [-0.2, 0) is 9.59 Å². The summed E-state index contributed by atoms with van der Waals surface area (Å²) in [5, 5.41) is 10.1. The van der Waals surface area contributed by atoms with Crippen molar-refractivity contribution in [3.63, 3.8) is 0 Å². The number of carbonyl (C=O) groups is 2. The Morgan fingerprint density at radius 3 is 2.78 bits per heavy atom. The lowest BCUT2D eigenvalue weighted by Crippen LogP contribution is -2.52. The van der Waals surface area contributed by atoms with Gasteiger partial charge in [-0.1, -0.05) is 60.1 Å². The Kier molecular flexibility index (Phi) is 5.28. The molecule has 0 aliphatic carbocycles. The molecule has 3 aromatic rings. The first-order chi connectivity index (χ1) is 15.5. The van der Waals surface area contributed by atoms with Gasteiger partial charge in [-0.05, 0) is 41.0 Å². The summed E-state index contributed by atoms with van der Waals surface area (Å²) in [6.07, 6.45) is 2.18. The maximum Gasteiger partial charge on any atom is 0.267 e. The fraction of sp³-hybridized carbons (Fsp3) is 0.208. The molecule has 2 unspecified atom stereocenters. The normalized spacial score (nSPS) is 20.0. The number of hydrogen-bond acceptors (Lipinski definition) is 5. The van der Waals surface area contributed by atoms with Gasteiger partial charge in [0.15, 0.2) is 0 Å². The second-order valence-electron chi connectivity index (χ2n) is 7.97. The third-order valence-corrected chi connectivity index (χ3v) is 6.24. The van der Waals surface area contributed by atoms with E-state index in [0.717, 1.165) is 16.3 Å². The predicted molar refractivity (Wildman–Crippen MR) is 125 cm³/mol. The summed E-state index contributed by atoms with van der Waals surface area (Å²) in [6, 6.07) is 21.0. The highest BCUT2D eigenvalue weighted by atomic mass is 35.5. The van der Waals surface area contributed by atoms with Crippen LogP contribution in [0.2, 0.25) is 5.02 Å². The molecule has 0 spiro atoms. The van der Waals surface area contributed by atoms with Crippen molar-refractivity contribution >= 4 is 46.2 Å². The molecule has 2 heterocycles. The van der Waals surface area contributed by atoms with Gasteiger partial charge >= 0.3 is 0 Å². The number of nitrogens with zero attached hydrogens (tertiary/aromatic N) is 4. The minimum atomic E-state index is -0.416. The zero-order valence-electron chi connectivity index (χ0n) is 17.5. The number of hydrazone groups is 1. The predicted octanol–water partition coefficient (Wildman–Crippen LogP) is 3.56. The summed E-state index contributed by atoms with van der Waals surface area (Å²) in [5.74, 6) is -0.446. The number of carbonyl (C=O) groups excluding carboxylic acids is 2. The Morgan fingerprint density at radius 2 is 1.94 bits per heavy atom. The number of anilines is 1. The van der Waals surface area contributed by atoms with Gasteiger partial charge in [-0.15, -0.1) is 0 Å². The monoisotopic (exact) mass is 447 g/mol. The maximum atomic E-state index is 13.1. The zero-order valence-corrected chi connectivity index (χ0v) is 18.2. The molecule has 8 heteroatoms. The highest BCUT2D eigenvalue weighted by molar-refractivity contribution is 6.30. The molecule has 1 fully saturated rings. The highest BCUT2D eigenvalue weighted by Crippen LogP contribution is 2.33. The van der Waals surface area contributed by atoms with Crippen LogP contribution in [0.5, 0.6) is 0 Å². The van der Waals surface area contributed by atoms with Crippen LogP contribution in [0.15, 0.2) is 71.8 Å². The third-order valence-electron chi connectivity index (χ3n) is 6.01. The summed E-state index contributed by atoms with van der Waals surface area (Å²) in [4.78, 5) is 27.4. The Labute approximate surface area is 190 Å². The first-order valence-electron chi connectivity index (χ1n) is 10.4. The van der Waals surface area contributed by atoms with Crippen LogP contribution in [-0.4, -0.2) is 47.8 Å². The molecule has 5 rings (SSSR count). The second-order valence-corrected chi connectivity index (χ2v) is 8.40. The lowest BCUT2D eigenvalue weighted by molar-refractivity contribution is -0.139. The van der Waals surface area contributed by atoms with E-state index < -0.39 is 6.04 Å². The van der Waals surface area contributed by atoms with Crippen molar-refractivity contribution in [3.05, 3.63) is 77.3 Å². The molecule has 0 aromatic heterocycles. The molecule has 1 saturated heterocycles. The second kappa shape index (κ2) is 8.26. The van der Waals surface area contributed by atoms with Gasteiger partial charge in [0.25, 0.3) is 5.91 Å². The number of halogens is 1. The number of likely N-dealkylation sites (N-methyl/N-ethyl adjacent to an activating group) is 1. The quantitative estimate of drug-likeness (QED) is 0.664. The fourth-order valence-corrected chi connectivity index (χ4v) is 4.46. The summed E-state index contributed by atoms with van der Waals surface area (Å²) in [6.45, 7) is -0.137. The van der Waals surface area contributed by atoms with Crippen LogP contribution in [0.25, 0.3) is 10.8 Å². The highest BCUT2D eigenvalue weighted by Gasteiger charge is 2.41. The zero-order chi connectivity index (χ0) is 22.2. The molecule has 2 amide bonds. The minimum Gasteiger partial charge on any atom is -0.314 e. The van der Waals surface area contributed by atoms with E-state index in [-0.39, 0.29) is 24.4 Å². The van der Waals surface area contributed by atoms with Crippen molar-refractivity contribution in [1.29, 1.82) is 0 Å². The first-order valence-corrected chi connectivity index (χ1v) is 10.8. The molecular formula is C24H22ClN5O2. The van der Waals surface area contributed by atoms with Crippen LogP contribution < -0.4 is 10.3 Å². The van der Waals surface area contributed by atoms with E-state index in [1.54, 1.807) is 42.7 Å². The Bertz CT molecular complexity index is 1220. The van der Waals surface area contributed by atoms with Gasteiger partial charge in [0, 0.05) is 17.8 Å². The number of fused-ring (bicyclic) bond motifs is 2. The molecule has 7 nitrogen and oxygen atoms in total. The standard InChI is InChI=1S/C24H22ClN5O2/c1-28(18-9-5-8-17(25)12-18)23(31)14-29-24(32)22-13-21(27-30(22)15-26-29)20-11-4-7-16-6-2-3-10-19(16)20/h2-12,15,21-22,27H,13-14H2,1H3. The maximum absolute atomic E-state index is 13.1. The number of amides is 2. The molecule has 2 aliphatic heterocycles. The van der Waals surface area contributed by atoms with Gasteiger partial charge in [0.1, 0.15) is 18.9 Å². The molecule has 0 saturated carbocycles. The van der Waals surface area contributed by atoms with Crippen LogP contribution in [0.4, 0.5) is 5.69 Å². The third kappa shape index (κ3) is 3.70. The largest absolute Gasteiger partial charge is 0.314 e. The average molecular weight is 448 g/mol. The van der Waals surface area contributed by atoms with Crippen LogP contribution >= 0.6 is 11.6 Å². The van der Waals surface area contributed by atoms with E-state index >= 15 is 0 Å². The number of hydrogen-bond donors (Lipinski definition) is 1. The average Bonchev–Trinajstić information content (AvgIpc) is 3.25. The SMILES string of the molecule is CN(C(=O)CN1N=CN2NC(c3cccc4ccccc34)CC2C1=O)c1cccc(Cl)c1. The van der Waals surface area contributed by atoms with Crippen molar-refractivity contribution in [2.45, 2.75) is 18.5 Å². The van der Waals surface area contributed by atoms with E-state index in [1.165, 1.54) is 9.91 Å². The number of nitrogens with one attached hydrogen (secondary N) is 1. The van der Waals surface area contributed by atoms with Gasteiger partial charge in [0.05, 0.1) is 6.04 Å². The van der Waals surface area contributed by atoms with Crippen LogP contribution in [0, 0.1) is 0 Å². The molecule has 0 bridgehead atoms. The number of rotatable bonds is 4. The number of hydrazine groups is 1. The molecule has 3 aromatic carbocycles. The molecule has 2 atom stereocenters. The molecule has 162 valence electrons. The lowest BCUT2D eigenvalue weighted by Gasteiger charge is -2.30. The van der Waals surface area contributed by atoms with Gasteiger partial charge in [0.2, 0.25) is 5.91 Å². The molecular weight excluding hydrogens is 426 g/mol. The molecule has 0 radical (unpaired) electrons. The van der Waals surface area contributed by atoms with Gasteiger partial charge in [-0.2, -0.15) is 5.10 Å². The van der Waals surface area contributed by atoms with Crippen molar-refractivity contribution in [2.75, 3.05) is 18.5 Å². The summed E-state index contributed by atoms with van der Waals surface area (Å²) in [7, 11) is 1.66. The molecule has 2 aliphatic rings. The summed E-state index contributed by atoms with van der Waals surface area (Å²) >= 11 is 6.03. The van der Waals surface area contributed by atoms with E-state index in [1.807, 2.05) is 18.2 Å². The van der Waals surface area contributed by atoms with Gasteiger partial charge < -0.3 is 4.90 Å². The van der Waals surface area contributed by atoms with Crippen molar-refractivity contribution in [1.82, 2.24) is 15.4 Å². The molecule has 32 heavy (non-hydrogen) atoms. The minimum absolute atomic E-state index is 0.0220. The van der Waals surface area contributed by atoms with E-state index in [4.69, 9.17) is 11.6 Å². The topological polar surface area (TPSA) is 68.2 Å². The van der Waals surface area contributed by atoms with Crippen LogP contribution in [0.3, 0.4) is 0 Å². The van der Waals surface area contributed by atoms with E-state index in [2.05, 4.69) is 34.8 Å². The van der Waals surface area contributed by atoms with Crippen molar-refractivity contribution in [2.24, 2.45) is 5.10 Å². The smallest absolute Gasteiger partial charge is 0.267 e. The van der Waals surface area contributed by atoms with E-state index in [0.29, 0.717) is 17.1 Å². The summed E-state index contributed by atoms with van der Waals surface area (Å²) < 4.78 is 0. The fourth-order valence-electron chi connectivity index (χ4n) is 4.27. The Balaban J connectivity index is 1.31. The number of benzene rings is 3. The first kappa shape index (κ1) is 20.5. The lowest BCUT2D eigenvalue weighted by atomic mass is 9.96. The van der Waals surface area contributed by atoms with Crippen molar-refractivity contribution < 1.29 is 9.59 Å². The van der Waals surface area contributed by atoms with Crippen molar-refractivity contribution in [3.8, 4) is 0 Å².